The van der Waals surface area contributed by atoms with Crippen LogP contribution in [0, 0.1) is 0 Å². The quantitative estimate of drug-likeness (QED) is 0.836. The Hall–Kier alpha value is -2.34. The van der Waals surface area contributed by atoms with Gasteiger partial charge < -0.3 is 14.3 Å². The minimum absolute atomic E-state index is 0.0154. The second kappa shape index (κ2) is 7.61. The molecule has 0 radical (unpaired) electrons. The van der Waals surface area contributed by atoms with Crippen molar-refractivity contribution in [2.75, 3.05) is 20.6 Å². The summed E-state index contributed by atoms with van der Waals surface area (Å²) in [5.41, 5.74) is -0.1000. The number of nitrogens with zero attached hydrogens (tertiary/aromatic N) is 2. The molecule has 1 amide bonds. The highest BCUT2D eigenvalue weighted by Crippen LogP contribution is 2.17. The van der Waals surface area contributed by atoms with Crippen LogP contribution in [0.2, 0.25) is 0 Å². The average molecular weight is 303 g/mol. The van der Waals surface area contributed by atoms with Crippen molar-refractivity contribution in [2.45, 2.75) is 19.0 Å². The minimum atomic E-state index is -0.1000. The number of hydrogen-bond donors (Lipinski definition) is 1. The third-order valence-electron chi connectivity index (χ3n) is 3.47. The molecule has 2 aromatic rings. The minimum Gasteiger partial charge on any atom is -0.468 e. The fraction of sp³-hybridized carbons (Fsp3) is 0.375. The first-order chi connectivity index (χ1) is 10.6. The summed E-state index contributed by atoms with van der Waals surface area (Å²) < 4.78 is 6.92. The first-order valence-corrected chi connectivity index (χ1v) is 7.20. The number of nitrogens with one attached hydrogen (secondary N) is 1. The van der Waals surface area contributed by atoms with Gasteiger partial charge in [-0.25, -0.2) is 0 Å². The zero-order valence-electron chi connectivity index (χ0n) is 12.9. The maximum atomic E-state index is 11.9. The maximum Gasteiger partial charge on any atom is 0.250 e. The Morgan fingerprint density at radius 1 is 1.32 bits per heavy atom. The van der Waals surface area contributed by atoms with E-state index >= 15 is 0 Å². The van der Waals surface area contributed by atoms with Gasteiger partial charge in [-0.1, -0.05) is 6.07 Å². The summed E-state index contributed by atoms with van der Waals surface area (Å²) in [6.45, 7) is 0.835. The van der Waals surface area contributed by atoms with E-state index < -0.39 is 0 Å². The fourth-order valence-electron chi connectivity index (χ4n) is 2.18. The molecule has 0 spiro atoms. The standard InChI is InChI=1S/C16H21N3O3/c1-18(2)13(14-6-5-11-22-14)12-17-15(20)8-10-19-9-4-3-7-16(19)21/h3-7,9,11,13H,8,10,12H2,1-2H3,(H,17,20). The summed E-state index contributed by atoms with van der Waals surface area (Å²) in [4.78, 5) is 25.5. The van der Waals surface area contributed by atoms with Crippen molar-refractivity contribution in [3.05, 3.63) is 58.9 Å². The molecule has 1 atom stereocenters. The topological polar surface area (TPSA) is 67.5 Å². The Morgan fingerprint density at radius 3 is 2.77 bits per heavy atom. The van der Waals surface area contributed by atoms with E-state index in [1.807, 2.05) is 31.1 Å². The Kier molecular flexibility index (Phi) is 5.55. The Bertz CT molecular complexity index is 647. The molecule has 6 nitrogen and oxygen atoms in total. The van der Waals surface area contributed by atoms with Gasteiger partial charge in [-0.3, -0.25) is 14.5 Å². The summed E-state index contributed by atoms with van der Waals surface area (Å²) in [7, 11) is 3.87. The molecule has 22 heavy (non-hydrogen) atoms. The molecule has 0 aliphatic heterocycles. The molecule has 2 heterocycles. The molecule has 0 saturated heterocycles. The molecule has 0 bridgehead atoms. The number of likely N-dealkylation sites (N-methyl/N-ethyl adjacent to an activating group) is 1. The normalized spacial score (nSPS) is 12.3. The number of hydrogen-bond acceptors (Lipinski definition) is 4. The molecule has 0 fully saturated rings. The number of amides is 1. The van der Waals surface area contributed by atoms with E-state index in [1.54, 1.807) is 24.6 Å². The predicted molar refractivity (Wildman–Crippen MR) is 83.5 cm³/mol. The van der Waals surface area contributed by atoms with Gasteiger partial charge in [0.1, 0.15) is 5.76 Å². The second-order valence-electron chi connectivity index (χ2n) is 5.28. The van der Waals surface area contributed by atoms with Crippen LogP contribution in [-0.4, -0.2) is 36.0 Å². The molecule has 2 aromatic heterocycles. The van der Waals surface area contributed by atoms with Gasteiger partial charge in [-0.05, 0) is 32.3 Å². The van der Waals surface area contributed by atoms with E-state index in [0.717, 1.165) is 5.76 Å². The molecular formula is C16H21N3O3. The summed E-state index contributed by atoms with van der Waals surface area (Å²) in [6, 6.07) is 8.65. The number of pyridine rings is 1. The summed E-state index contributed by atoms with van der Waals surface area (Å²) in [5, 5.41) is 2.89. The van der Waals surface area contributed by atoms with Gasteiger partial charge in [0.05, 0.1) is 12.3 Å². The summed E-state index contributed by atoms with van der Waals surface area (Å²) >= 11 is 0. The van der Waals surface area contributed by atoms with E-state index in [2.05, 4.69) is 5.32 Å². The number of carbonyl (C=O) groups excluding carboxylic acids is 1. The van der Waals surface area contributed by atoms with Crippen LogP contribution in [0.5, 0.6) is 0 Å². The fourth-order valence-corrected chi connectivity index (χ4v) is 2.18. The van der Waals surface area contributed by atoms with E-state index in [1.165, 1.54) is 10.6 Å². The zero-order valence-corrected chi connectivity index (χ0v) is 12.9. The first kappa shape index (κ1) is 16.0. The van der Waals surface area contributed by atoms with Gasteiger partial charge >= 0.3 is 0 Å². The van der Waals surface area contributed by atoms with Gasteiger partial charge in [0, 0.05) is 31.8 Å². The molecule has 6 heteroatoms. The maximum absolute atomic E-state index is 11.9. The Balaban J connectivity index is 1.84. The monoisotopic (exact) mass is 303 g/mol. The van der Waals surface area contributed by atoms with Crippen LogP contribution >= 0.6 is 0 Å². The van der Waals surface area contributed by atoms with Crippen LogP contribution in [0.4, 0.5) is 0 Å². The molecule has 0 aliphatic carbocycles. The smallest absolute Gasteiger partial charge is 0.250 e. The first-order valence-electron chi connectivity index (χ1n) is 7.20. The van der Waals surface area contributed by atoms with Gasteiger partial charge in [0.2, 0.25) is 5.91 Å². The number of carbonyl (C=O) groups is 1. The van der Waals surface area contributed by atoms with Crippen molar-refractivity contribution in [1.29, 1.82) is 0 Å². The zero-order chi connectivity index (χ0) is 15.9. The van der Waals surface area contributed by atoms with Gasteiger partial charge in [0.15, 0.2) is 0 Å². The van der Waals surface area contributed by atoms with Crippen molar-refractivity contribution in [2.24, 2.45) is 0 Å². The second-order valence-corrected chi connectivity index (χ2v) is 5.28. The Morgan fingerprint density at radius 2 is 2.14 bits per heavy atom. The molecule has 2 rings (SSSR count). The molecule has 0 aromatic carbocycles. The van der Waals surface area contributed by atoms with Crippen molar-refractivity contribution >= 4 is 5.91 Å². The van der Waals surface area contributed by atoms with Crippen LogP contribution in [0.25, 0.3) is 0 Å². The van der Waals surface area contributed by atoms with Crippen LogP contribution < -0.4 is 10.9 Å². The van der Waals surface area contributed by atoms with Crippen molar-refractivity contribution in [3.8, 4) is 0 Å². The summed E-state index contributed by atoms with van der Waals surface area (Å²) in [5.74, 6) is 0.721. The van der Waals surface area contributed by atoms with E-state index in [4.69, 9.17) is 4.42 Å². The van der Waals surface area contributed by atoms with Crippen molar-refractivity contribution < 1.29 is 9.21 Å². The molecular weight excluding hydrogens is 282 g/mol. The molecule has 0 aliphatic rings. The molecule has 118 valence electrons. The third kappa shape index (κ3) is 4.33. The lowest BCUT2D eigenvalue weighted by Gasteiger charge is -2.22. The van der Waals surface area contributed by atoms with Crippen molar-refractivity contribution in [3.63, 3.8) is 0 Å². The number of rotatable bonds is 7. The molecule has 1 N–H and O–H groups in total. The van der Waals surface area contributed by atoms with Gasteiger partial charge in [-0.2, -0.15) is 0 Å². The van der Waals surface area contributed by atoms with E-state index in [-0.39, 0.29) is 23.9 Å². The van der Waals surface area contributed by atoms with E-state index in [9.17, 15) is 9.59 Å². The third-order valence-corrected chi connectivity index (χ3v) is 3.47. The highest BCUT2D eigenvalue weighted by atomic mass is 16.3. The lowest BCUT2D eigenvalue weighted by molar-refractivity contribution is -0.121. The Labute approximate surface area is 129 Å². The number of aryl methyl sites for hydroxylation is 1. The highest BCUT2D eigenvalue weighted by Gasteiger charge is 2.17. The van der Waals surface area contributed by atoms with Crippen LogP contribution in [0.3, 0.4) is 0 Å². The SMILES string of the molecule is CN(C)C(CNC(=O)CCn1ccccc1=O)c1ccco1. The van der Waals surface area contributed by atoms with Crippen LogP contribution in [0.1, 0.15) is 18.2 Å². The largest absolute Gasteiger partial charge is 0.468 e. The van der Waals surface area contributed by atoms with Crippen LogP contribution in [0.15, 0.2) is 52.0 Å². The molecule has 0 saturated carbocycles. The number of furan rings is 1. The van der Waals surface area contributed by atoms with Crippen LogP contribution in [-0.2, 0) is 11.3 Å². The highest BCUT2D eigenvalue weighted by molar-refractivity contribution is 5.75. The lowest BCUT2D eigenvalue weighted by atomic mass is 10.2. The lowest BCUT2D eigenvalue weighted by Crippen LogP contribution is -2.35. The number of aromatic nitrogens is 1. The predicted octanol–water partition coefficient (Wildman–Crippen LogP) is 1.25. The summed E-state index contributed by atoms with van der Waals surface area (Å²) in [6.07, 6.45) is 3.57. The van der Waals surface area contributed by atoms with Gasteiger partial charge in [-0.15, -0.1) is 0 Å². The van der Waals surface area contributed by atoms with Gasteiger partial charge in [0.25, 0.3) is 5.56 Å². The van der Waals surface area contributed by atoms with Crippen molar-refractivity contribution in [1.82, 2.24) is 14.8 Å². The van der Waals surface area contributed by atoms with E-state index in [0.29, 0.717) is 13.1 Å². The average Bonchev–Trinajstić information content (AvgIpc) is 3.00. The molecule has 1 unspecified atom stereocenters.